The van der Waals surface area contributed by atoms with E-state index in [1.165, 1.54) is 0 Å². The zero-order valence-electron chi connectivity index (χ0n) is 8.08. The molecule has 5 heteroatoms. The minimum Gasteiger partial charge on any atom is -0.464 e. The molecule has 0 aliphatic heterocycles. The van der Waals surface area contributed by atoms with E-state index in [1.807, 2.05) is 0 Å². The molecule has 4 nitrogen and oxygen atoms in total. The van der Waals surface area contributed by atoms with E-state index in [0.717, 1.165) is 0 Å². The second kappa shape index (κ2) is 3.86. The van der Waals surface area contributed by atoms with Gasteiger partial charge in [-0.2, -0.15) is 0 Å². The largest absolute Gasteiger partial charge is 0.464 e. The highest BCUT2D eigenvalue weighted by atomic mass is 16.5. The van der Waals surface area contributed by atoms with E-state index in [1.54, 1.807) is 13.0 Å². The first-order chi connectivity index (χ1) is 6.56. The molecule has 0 aromatic rings. The van der Waals surface area contributed by atoms with Gasteiger partial charge in [-0.05, 0) is 13.3 Å². The number of ether oxygens (including phenoxy) is 1. The van der Waals surface area contributed by atoms with E-state index in [9.17, 15) is 9.59 Å². The van der Waals surface area contributed by atoms with Crippen molar-refractivity contribution in [3.63, 3.8) is 0 Å². The van der Waals surface area contributed by atoms with Gasteiger partial charge in [-0.3, -0.25) is 4.79 Å². The molecule has 0 spiro atoms. The summed E-state index contributed by atoms with van der Waals surface area (Å²) in [7, 11) is 4.98. The van der Waals surface area contributed by atoms with Gasteiger partial charge in [-0.1, -0.05) is 6.08 Å². The standard InChI is InChI=1S/C9H12BNO3/c1-3-6-5-9(6,11-8(10)13)7(12)14-4-2/h3,6H,1,4-5H2,2H3,(H,11,13). The normalized spacial score (nSPS) is 29.1. The lowest BCUT2D eigenvalue weighted by atomic mass is 10.1. The minimum atomic E-state index is -0.955. The molecular weight excluding hydrogens is 181 g/mol. The van der Waals surface area contributed by atoms with Gasteiger partial charge in [0.05, 0.1) is 6.61 Å². The molecule has 0 aromatic carbocycles. The van der Waals surface area contributed by atoms with E-state index in [2.05, 4.69) is 11.9 Å². The first-order valence-electron chi connectivity index (χ1n) is 4.44. The van der Waals surface area contributed by atoms with Crippen LogP contribution in [0.5, 0.6) is 0 Å². The lowest BCUT2D eigenvalue weighted by Gasteiger charge is -2.15. The molecule has 1 aliphatic rings. The lowest BCUT2D eigenvalue weighted by Crippen LogP contribution is -2.45. The van der Waals surface area contributed by atoms with Crippen LogP contribution >= 0.6 is 0 Å². The third-order valence-electron chi connectivity index (χ3n) is 2.29. The third-order valence-corrected chi connectivity index (χ3v) is 2.29. The Hall–Kier alpha value is -1.26. The van der Waals surface area contributed by atoms with E-state index < -0.39 is 17.3 Å². The molecule has 2 atom stereocenters. The van der Waals surface area contributed by atoms with Gasteiger partial charge in [0, 0.05) is 5.92 Å². The fourth-order valence-corrected chi connectivity index (χ4v) is 1.48. The number of amides is 1. The smallest absolute Gasteiger partial charge is 0.332 e. The molecule has 14 heavy (non-hydrogen) atoms. The summed E-state index contributed by atoms with van der Waals surface area (Å²) in [4.78, 5) is 22.2. The third kappa shape index (κ3) is 1.81. The molecule has 1 amide bonds. The number of esters is 1. The molecule has 0 aromatic heterocycles. The van der Waals surface area contributed by atoms with Crippen LogP contribution in [0.4, 0.5) is 4.79 Å². The van der Waals surface area contributed by atoms with Crippen LogP contribution in [0.3, 0.4) is 0 Å². The summed E-state index contributed by atoms with van der Waals surface area (Å²) < 4.78 is 4.85. The van der Waals surface area contributed by atoms with Crippen molar-refractivity contribution in [1.29, 1.82) is 0 Å². The van der Waals surface area contributed by atoms with E-state index in [0.29, 0.717) is 6.42 Å². The van der Waals surface area contributed by atoms with Crippen LogP contribution < -0.4 is 5.32 Å². The molecule has 1 N–H and O–H groups in total. The molecule has 1 fully saturated rings. The van der Waals surface area contributed by atoms with Crippen molar-refractivity contribution in [2.45, 2.75) is 18.9 Å². The van der Waals surface area contributed by atoms with E-state index in [-0.39, 0.29) is 12.5 Å². The Morgan fingerprint density at radius 2 is 2.43 bits per heavy atom. The highest BCUT2D eigenvalue weighted by molar-refractivity contribution is 6.57. The van der Waals surface area contributed by atoms with Gasteiger partial charge in [0.1, 0.15) is 5.54 Å². The molecule has 1 aliphatic carbocycles. The number of hydrogen-bond acceptors (Lipinski definition) is 3. The lowest BCUT2D eigenvalue weighted by molar-refractivity contribution is -0.146. The summed E-state index contributed by atoms with van der Waals surface area (Å²) in [5, 5.41) is 2.41. The Labute approximate surface area is 84.1 Å². The first kappa shape index (κ1) is 10.8. The number of nitrogens with one attached hydrogen (secondary N) is 1. The predicted octanol–water partition coefficient (Wildman–Crippen LogP) is 0.372. The number of carbonyl (C=O) groups is 2. The molecule has 2 unspecified atom stereocenters. The summed E-state index contributed by atoms with van der Waals surface area (Å²) in [6, 6.07) is 0. The van der Waals surface area contributed by atoms with Crippen molar-refractivity contribution in [3.8, 4) is 0 Å². The summed E-state index contributed by atoms with van der Waals surface area (Å²) >= 11 is 0. The Balaban J connectivity index is 2.70. The second-order valence-corrected chi connectivity index (χ2v) is 3.23. The maximum absolute atomic E-state index is 11.5. The van der Waals surface area contributed by atoms with Crippen LogP contribution in [0.2, 0.25) is 0 Å². The predicted molar refractivity (Wildman–Crippen MR) is 52.0 cm³/mol. The first-order valence-corrected chi connectivity index (χ1v) is 4.44. The van der Waals surface area contributed by atoms with E-state index >= 15 is 0 Å². The van der Waals surface area contributed by atoms with Gasteiger partial charge in [0.2, 0.25) is 7.85 Å². The SMILES string of the molecule is [B]C(=O)NC1(C(=O)OCC)CC1C=C. The molecule has 1 rings (SSSR count). The summed E-state index contributed by atoms with van der Waals surface area (Å²) in [5.74, 6) is -1.24. The highest BCUT2D eigenvalue weighted by Crippen LogP contribution is 2.45. The Bertz CT molecular complexity index is 279. The van der Waals surface area contributed by atoms with Crippen LogP contribution in [0, 0.1) is 5.92 Å². The van der Waals surface area contributed by atoms with Crippen molar-refractivity contribution >= 4 is 19.6 Å². The molecule has 74 valence electrons. The maximum Gasteiger partial charge on any atom is 0.332 e. The zero-order chi connectivity index (χ0) is 10.8. The number of carbonyl (C=O) groups excluding carboxylic acids is 2. The van der Waals surface area contributed by atoms with Gasteiger partial charge in [-0.15, -0.1) is 6.58 Å². The van der Waals surface area contributed by atoms with Crippen LogP contribution in [-0.4, -0.2) is 31.8 Å². The average Bonchev–Trinajstić information content (AvgIpc) is 2.79. The minimum absolute atomic E-state index is 0.0750. The molecular formula is C9H12BNO3. The van der Waals surface area contributed by atoms with Crippen molar-refractivity contribution < 1.29 is 14.3 Å². The van der Waals surface area contributed by atoms with Crippen molar-refractivity contribution in [1.82, 2.24) is 5.32 Å². The Kier molecular flexibility index (Phi) is 2.98. The maximum atomic E-state index is 11.5. The summed E-state index contributed by atoms with van der Waals surface area (Å²) in [6.45, 7) is 5.56. The van der Waals surface area contributed by atoms with Gasteiger partial charge < -0.3 is 10.1 Å². The Morgan fingerprint density at radius 1 is 1.79 bits per heavy atom. The molecule has 2 radical (unpaired) electrons. The van der Waals surface area contributed by atoms with Crippen molar-refractivity contribution in [2.24, 2.45) is 5.92 Å². The van der Waals surface area contributed by atoms with Crippen LogP contribution in [0.25, 0.3) is 0 Å². The fraction of sp³-hybridized carbons (Fsp3) is 0.556. The molecule has 1 saturated carbocycles. The van der Waals surface area contributed by atoms with Crippen LogP contribution in [0.1, 0.15) is 13.3 Å². The summed E-state index contributed by atoms with van der Waals surface area (Å²) in [5.41, 5.74) is -0.955. The van der Waals surface area contributed by atoms with Crippen molar-refractivity contribution in [2.75, 3.05) is 6.61 Å². The van der Waals surface area contributed by atoms with Gasteiger partial charge >= 0.3 is 5.97 Å². The average molecular weight is 193 g/mol. The molecule has 0 saturated heterocycles. The van der Waals surface area contributed by atoms with Gasteiger partial charge in [0.15, 0.2) is 5.81 Å². The fourth-order valence-electron chi connectivity index (χ4n) is 1.48. The highest BCUT2D eigenvalue weighted by Gasteiger charge is 2.60. The van der Waals surface area contributed by atoms with Gasteiger partial charge in [-0.25, -0.2) is 4.79 Å². The number of rotatable bonds is 4. The topological polar surface area (TPSA) is 55.4 Å². The van der Waals surface area contributed by atoms with Crippen molar-refractivity contribution in [3.05, 3.63) is 12.7 Å². The quantitative estimate of drug-likeness (QED) is 0.398. The second-order valence-electron chi connectivity index (χ2n) is 3.23. The Morgan fingerprint density at radius 3 is 2.79 bits per heavy atom. The van der Waals surface area contributed by atoms with Gasteiger partial charge in [0.25, 0.3) is 0 Å². The zero-order valence-corrected chi connectivity index (χ0v) is 8.08. The molecule has 0 heterocycles. The van der Waals surface area contributed by atoms with E-state index in [4.69, 9.17) is 12.6 Å². The monoisotopic (exact) mass is 193 g/mol. The number of hydrogen-bond donors (Lipinski definition) is 1. The van der Waals surface area contributed by atoms with Crippen LogP contribution in [0.15, 0.2) is 12.7 Å². The van der Waals surface area contributed by atoms with Crippen LogP contribution in [-0.2, 0) is 9.53 Å². The molecule has 0 bridgehead atoms. The summed E-state index contributed by atoms with van der Waals surface area (Å²) in [6.07, 6.45) is 2.13.